The normalized spacial score (nSPS) is 18.5. The first-order chi connectivity index (χ1) is 15.3. The van der Waals surface area contributed by atoms with Crippen LogP contribution < -0.4 is 9.62 Å². The average molecular weight is 459 g/mol. The molecule has 0 saturated carbocycles. The summed E-state index contributed by atoms with van der Waals surface area (Å²) < 4.78 is 28.0. The van der Waals surface area contributed by atoms with Gasteiger partial charge in [-0.3, -0.25) is 4.72 Å². The highest BCUT2D eigenvalue weighted by molar-refractivity contribution is 7.92. The lowest BCUT2D eigenvalue weighted by Gasteiger charge is -2.40. The molecule has 0 aliphatic carbocycles. The first-order valence-electron chi connectivity index (χ1n) is 11.2. The number of hydrogen-bond donors (Lipinski definition) is 2. The van der Waals surface area contributed by atoms with E-state index in [9.17, 15) is 18.3 Å². The van der Waals surface area contributed by atoms with Crippen molar-refractivity contribution in [2.75, 3.05) is 35.8 Å². The number of aromatic nitrogens is 1. The summed E-state index contributed by atoms with van der Waals surface area (Å²) in [7, 11) is -3.85. The Labute approximate surface area is 189 Å². The van der Waals surface area contributed by atoms with Gasteiger partial charge in [0.15, 0.2) is 0 Å². The third-order valence-corrected chi connectivity index (χ3v) is 7.94. The second kappa shape index (κ2) is 9.46. The second-order valence-corrected chi connectivity index (χ2v) is 10.2. The molecule has 0 amide bonds. The number of piperidine rings is 2. The number of rotatable bonds is 6. The Hall–Kier alpha value is -2.65. The van der Waals surface area contributed by atoms with Crippen molar-refractivity contribution in [1.29, 1.82) is 0 Å². The van der Waals surface area contributed by atoms with Crippen molar-refractivity contribution in [3.63, 3.8) is 0 Å². The third kappa shape index (κ3) is 4.88. The van der Waals surface area contributed by atoms with Gasteiger partial charge in [-0.1, -0.05) is 24.6 Å². The zero-order valence-electron chi connectivity index (χ0n) is 18.3. The number of anilines is 2. The zero-order valence-corrected chi connectivity index (χ0v) is 19.1. The van der Waals surface area contributed by atoms with Crippen LogP contribution in [0.2, 0.25) is 0 Å². The number of hydrogen-bond acceptors (Lipinski definition) is 6. The Morgan fingerprint density at radius 2 is 1.78 bits per heavy atom. The predicted molar refractivity (Wildman–Crippen MR) is 124 cm³/mol. The zero-order chi connectivity index (χ0) is 22.7. The molecule has 0 spiro atoms. The summed E-state index contributed by atoms with van der Waals surface area (Å²) in [5, 5.41) is 9.78. The van der Waals surface area contributed by atoms with E-state index < -0.39 is 16.0 Å². The second-order valence-electron chi connectivity index (χ2n) is 8.59. The summed E-state index contributed by atoms with van der Waals surface area (Å²) in [5.41, 5.74) is 0.753. The smallest absolute Gasteiger partial charge is 0.339 e. The Kier molecular flexibility index (Phi) is 6.66. The highest BCUT2D eigenvalue weighted by Gasteiger charge is 2.28. The monoisotopic (exact) mass is 458 g/mol. The number of nitrogens with zero attached hydrogens (tertiary/aromatic N) is 3. The van der Waals surface area contributed by atoms with Gasteiger partial charge in [0.05, 0.1) is 16.8 Å². The van der Waals surface area contributed by atoms with Gasteiger partial charge >= 0.3 is 5.97 Å². The largest absolute Gasteiger partial charge is 0.478 e. The van der Waals surface area contributed by atoms with Gasteiger partial charge in [0, 0.05) is 19.1 Å². The lowest BCUT2D eigenvalue weighted by Crippen LogP contribution is -2.47. The van der Waals surface area contributed by atoms with E-state index >= 15 is 0 Å². The summed E-state index contributed by atoms with van der Waals surface area (Å²) in [6.07, 6.45) is 7.16. The number of benzene rings is 1. The van der Waals surface area contributed by atoms with Crippen LogP contribution in [0.1, 0.15) is 48.0 Å². The number of carboxylic acid groups (broad SMARTS) is 1. The molecule has 2 aromatic rings. The first-order valence-corrected chi connectivity index (χ1v) is 12.6. The number of aryl methyl sites for hydroxylation is 1. The average Bonchev–Trinajstić information content (AvgIpc) is 2.79. The van der Waals surface area contributed by atoms with E-state index in [2.05, 4.69) is 14.6 Å². The molecule has 172 valence electrons. The minimum absolute atomic E-state index is 0.00593. The van der Waals surface area contributed by atoms with E-state index in [0.717, 1.165) is 39.0 Å². The standard InChI is InChI=1S/C23H30N4O4S/c1-17-7-3-4-8-21(17)32(30,31)25-18-15-20(23(28)29)22(24-16-18)27-13-9-19(10-14-27)26-11-5-2-6-12-26/h3-4,7-8,15-16,19,25H,2,5-6,9-14H2,1H3,(H,28,29). The predicted octanol–water partition coefficient (Wildman–Crippen LogP) is 3.34. The fraction of sp³-hybridized carbons (Fsp3) is 0.478. The molecule has 0 unspecified atom stereocenters. The number of carboxylic acids is 1. The van der Waals surface area contributed by atoms with Crippen molar-refractivity contribution in [3.05, 3.63) is 47.7 Å². The van der Waals surface area contributed by atoms with Crippen LogP contribution in [0.15, 0.2) is 41.4 Å². The van der Waals surface area contributed by atoms with Crippen LogP contribution in [0.5, 0.6) is 0 Å². The van der Waals surface area contributed by atoms with Crippen LogP contribution in [0.3, 0.4) is 0 Å². The molecular formula is C23H30N4O4S. The Morgan fingerprint density at radius 3 is 2.44 bits per heavy atom. The summed E-state index contributed by atoms with van der Waals surface area (Å²) in [6, 6.07) is 8.55. The molecule has 0 atom stereocenters. The molecular weight excluding hydrogens is 428 g/mol. The molecule has 2 aliphatic rings. The Morgan fingerprint density at radius 1 is 1.09 bits per heavy atom. The first kappa shape index (κ1) is 22.5. The van der Waals surface area contributed by atoms with E-state index in [1.807, 2.05) is 4.90 Å². The van der Waals surface area contributed by atoms with Crippen molar-refractivity contribution >= 4 is 27.5 Å². The number of aromatic carboxylic acids is 1. The summed E-state index contributed by atoms with van der Waals surface area (Å²) in [6.45, 7) is 5.50. The third-order valence-electron chi connectivity index (χ3n) is 6.40. The lowest BCUT2D eigenvalue weighted by atomic mass is 9.99. The molecule has 2 aliphatic heterocycles. The maximum atomic E-state index is 12.8. The minimum Gasteiger partial charge on any atom is -0.478 e. The molecule has 0 radical (unpaired) electrons. The number of nitrogens with one attached hydrogen (secondary N) is 1. The summed E-state index contributed by atoms with van der Waals surface area (Å²) in [5.74, 6) is -0.726. The van der Waals surface area contributed by atoms with E-state index in [1.165, 1.54) is 37.6 Å². The van der Waals surface area contributed by atoms with Crippen molar-refractivity contribution in [1.82, 2.24) is 9.88 Å². The van der Waals surface area contributed by atoms with Gasteiger partial charge in [-0.25, -0.2) is 18.2 Å². The number of sulfonamides is 1. The van der Waals surface area contributed by atoms with Crippen LogP contribution in [0.25, 0.3) is 0 Å². The van der Waals surface area contributed by atoms with E-state index in [-0.39, 0.29) is 16.1 Å². The molecule has 2 fully saturated rings. The molecule has 8 nitrogen and oxygen atoms in total. The van der Waals surface area contributed by atoms with Crippen molar-refractivity contribution in [2.24, 2.45) is 0 Å². The fourth-order valence-corrected chi connectivity index (χ4v) is 6.00. The Bertz CT molecular complexity index is 1080. The molecule has 9 heteroatoms. The number of pyridine rings is 1. The Balaban J connectivity index is 1.50. The molecule has 2 saturated heterocycles. The number of likely N-dealkylation sites (tertiary alicyclic amines) is 1. The highest BCUT2D eigenvalue weighted by atomic mass is 32.2. The van der Waals surface area contributed by atoms with Crippen LogP contribution in [0, 0.1) is 6.92 Å². The maximum absolute atomic E-state index is 12.8. The van der Waals surface area contributed by atoms with E-state index in [1.54, 1.807) is 25.1 Å². The van der Waals surface area contributed by atoms with Gasteiger partial charge in [0.1, 0.15) is 11.4 Å². The van der Waals surface area contributed by atoms with Crippen molar-refractivity contribution < 1.29 is 18.3 Å². The molecule has 0 bridgehead atoms. The lowest BCUT2D eigenvalue weighted by molar-refractivity contribution is 0.0697. The van der Waals surface area contributed by atoms with Crippen molar-refractivity contribution in [3.8, 4) is 0 Å². The number of carbonyl (C=O) groups is 1. The van der Waals surface area contributed by atoms with E-state index in [0.29, 0.717) is 17.4 Å². The topological polar surface area (TPSA) is 103 Å². The van der Waals surface area contributed by atoms with Crippen LogP contribution >= 0.6 is 0 Å². The van der Waals surface area contributed by atoms with Gasteiger partial charge in [0.2, 0.25) is 0 Å². The summed E-state index contributed by atoms with van der Waals surface area (Å²) >= 11 is 0. The van der Waals surface area contributed by atoms with Gasteiger partial charge in [-0.2, -0.15) is 0 Å². The molecule has 3 heterocycles. The molecule has 2 N–H and O–H groups in total. The van der Waals surface area contributed by atoms with Crippen molar-refractivity contribution in [2.45, 2.75) is 50.0 Å². The highest BCUT2D eigenvalue weighted by Crippen LogP contribution is 2.28. The van der Waals surface area contributed by atoms with Crippen LogP contribution in [-0.2, 0) is 10.0 Å². The molecule has 32 heavy (non-hydrogen) atoms. The van der Waals surface area contributed by atoms with Crippen LogP contribution in [-0.4, -0.2) is 61.6 Å². The molecule has 4 rings (SSSR count). The quantitative estimate of drug-likeness (QED) is 0.684. The van der Waals surface area contributed by atoms with E-state index in [4.69, 9.17) is 0 Å². The maximum Gasteiger partial charge on any atom is 0.339 e. The van der Waals surface area contributed by atoms with Gasteiger partial charge in [-0.05, 0) is 63.4 Å². The van der Waals surface area contributed by atoms with Crippen LogP contribution in [0.4, 0.5) is 11.5 Å². The summed E-state index contributed by atoms with van der Waals surface area (Å²) in [4.78, 5) is 21.1. The van der Waals surface area contributed by atoms with Gasteiger partial charge < -0.3 is 14.9 Å². The minimum atomic E-state index is -3.85. The molecule has 1 aromatic carbocycles. The molecule has 1 aromatic heterocycles. The SMILES string of the molecule is Cc1ccccc1S(=O)(=O)Nc1cnc(N2CCC(N3CCCCC3)CC2)c(C(=O)O)c1. The van der Waals surface area contributed by atoms with Gasteiger partial charge in [0.25, 0.3) is 10.0 Å². The van der Waals surface area contributed by atoms with Gasteiger partial charge in [-0.15, -0.1) is 0 Å². The fourth-order valence-electron chi connectivity index (χ4n) is 4.72.